The zero-order valence-electron chi connectivity index (χ0n) is 27.9. The summed E-state index contributed by atoms with van der Waals surface area (Å²) in [6.07, 6.45) is 0.782. The average molecular weight is 638 g/mol. The molecule has 1 N–H and O–H groups in total. The quantitative estimate of drug-likeness (QED) is 0.177. The van der Waals surface area contributed by atoms with Crippen LogP contribution in [0.15, 0.2) is 97.3 Å². The highest BCUT2D eigenvalue weighted by molar-refractivity contribution is 6.63. The zero-order valence-corrected chi connectivity index (χ0v) is 27.9. The second-order valence-electron chi connectivity index (χ2n) is 14.5. The van der Waals surface area contributed by atoms with Crippen LogP contribution in [0.5, 0.6) is 11.5 Å². The lowest BCUT2D eigenvalue weighted by atomic mass is 9.73. The molecule has 0 radical (unpaired) electrons. The molecule has 3 aliphatic heterocycles. The Bertz CT molecular complexity index is 2170. The van der Waals surface area contributed by atoms with E-state index in [0.717, 1.165) is 38.8 Å². The lowest BCUT2D eigenvalue weighted by Gasteiger charge is -2.38. The van der Waals surface area contributed by atoms with Gasteiger partial charge in [0.25, 0.3) is 0 Å². The molecule has 240 valence electrons. The normalized spacial score (nSPS) is 21.9. The molecule has 2 saturated heterocycles. The highest BCUT2D eigenvalue weighted by Gasteiger charge is 2.52. The molecule has 5 aromatic carbocycles. The molecule has 0 aliphatic carbocycles. The van der Waals surface area contributed by atoms with Crippen molar-refractivity contribution in [1.82, 2.24) is 0 Å². The number of carbonyl (C=O) groups is 1. The van der Waals surface area contributed by atoms with Gasteiger partial charge in [0.2, 0.25) is 0 Å². The molecule has 8 rings (SSSR count). The number of ether oxygens (including phenoxy) is 1. The Morgan fingerprint density at radius 3 is 1.73 bits per heavy atom. The minimum atomic E-state index is -1.69. The Balaban J connectivity index is 1.30. The number of benzene rings is 5. The van der Waals surface area contributed by atoms with Crippen LogP contribution in [0.3, 0.4) is 0 Å². The van der Waals surface area contributed by atoms with Crippen molar-refractivity contribution >= 4 is 53.0 Å². The van der Waals surface area contributed by atoms with Gasteiger partial charge in [-0.1, -0.05) is 91.5 Å². The minimum Gasteiger partial charge on any atom is -0.534 e. The van der Waals surface area contributed by atoms with E-state index in [1.54, 1.807) is 18.2 Å². The van der Waals surface area contributed by atoms with Gasteiger partial charge in [0.1, 0.15) is 29.0 Å². The third kappa shape index (κ3) is 4.42. The fraction of sp³-hybridized carbons (Fsp3) is 0.256. The average Bonchev–Trinajstić information content (AvgIpc) is 3.47. The van der Waals surface area contributed by atoms with E-state index in [2.05, 4.69) is 6.58 Å². The van der Waals surface area contributed by atoms with Gasteiger partial charge < -0.3 is 28.5 Å². The number of hydrogen-bond donors (Lipinski definition) is 1. The summed E-state index contributed by atoms with van der Waals surface area (Å²) in [5.74, 6) is 1.60. The first-order valence-corrected chi connectivity index (χ1v) is 16.2. The van der Waals surface area contributed by atoms with Crippen LogP contribution in [0.1, 0.15) is 68.6 Å². The molecule has 5 aromatic rings. The van der Waals surface area contributed by atoms with Crippen LogP contribution < -0.4 is 15.7 Å². The summed E-state index contributed by atoms with van der Waals surface area (Å²) in [7, 11) is -1.12. The molecular formula is C39H36B2O7. The Labute approximate surface area is 280 Å². The predicted octanol–water partition coefficient (Wildman–Crippen LogP) is 6.53. The zero-order chi connectivity index (χ0) is 33.8. The van der Waals surface area contributed by atoms with Gasteiger partial charge in [-0.05, 0) is 63.2 Å². The molecule has 0 bridgehead atoms. The maximum Gasteiger partial charge on any atom is 0.563 e. The smallest absolute Gasteiger partial charge is 0.534 e. The van der Waals surface area contributed by atoms with Crippen molar-refractivity contribution in [2.45, 2.75) is 63.9 Å². The summed E-state index contributed by atoms with van der Waals surface area (Å²) >= 11 is 0. The first kappa shape index (κ1) is 30.9. The monoisotopic (exact) mass is 638 g/mol. The predicted molar refractivity (Wildman–Crippen MR) is 188 cm³/mol. The first-order valence-electron chi connectivity index (χ1n) is 16.2. The molecule has 48 heavy (non-hydrogen) atoms. The number of rotatable bonds is 4. The SMILES string of the molecule is C=C1OB(c2ccc3c4c(ccc3c2)C(O)(c2ccccc2C=O)c2ccc3cc(B5OC(C)(C)C(C)(C)O5)ccc3c2O4)OC1(C)C. The van der Waals surface area contributed by atoms with E-state index >= 15 is 0 Å². The van der Waals surface area contributed by atoms with Crippen molar-refractivity contribution in [2.75, 3.05) is 0 Å². The van der Waals surface area contributed by atoms with Crippen LogP contribution in [-0.2, 0) is 24.2 Å². The lowest BCUT2D eigenvalue weighted by molar-refractivity contribution is 0.00578. The maximum absolute atomic E-state index is 13.0. The van der Waals surface area contributed by atoms with Gasteiger partial charge in [0.15, 0.2) is 0 Å². The van der Waals surface area contributed by atoms with E-state index in [1.807, 2.05) is 108 Å². The van der Waals surface area contributed by atoms with Crippen LogP contribution in [0.25, 0.3) is 21.5 Å². The summed E-state index contributed by atoms with van der Waals surface area (Å²) in [6, 6.07) is 26.7. The van der Waals surface area contributed by atoms with Gasteiger partial charge >= 0.3 is 14.2 Å². The van der Waals surface area contributed by atoms with Crippen LogP contribution in [-0.4, -0.2) is 42.4 Å². The van der Waals surface area contributed by atoms with Crippen LogP contribution in [0, 0.1) is 0 Å². The number of fused-ring (bicyclic) bond motifs is 6. The van der Waals surface area contributed by atoms with Crippen molar-refractivity contribution in [2.24, 2.45) is 0 Å². The molecule has 9 heteroatoms. The summed E-state index contributed by atoms with van der Waals surface area (Å²) < 4.78 is 31.6. The standard InChI is InChI=1S/C39H36B2O7/c1-23-36(2,3)46-40(45-23)27-14-16-29-24(20-27)12-18-32-34(29)44-35-30-17-15-28(41-47-37(4,5)38(6,7)48-41)21-25(30)13-19-33(35)39(32,43)31-11-9-8-10-26(31)22-42/h8-22,43H,1H2,2-7H3. The van der Waals surface area contributed by atoms with Crippen molar-refractivity contribution < 1.29 is 33.3 Å². The maximum atomic E-state index is 13.0. The van der Waals surface area contributed by atoms with Gasteiger partial charge in [0.05, 0.1) is 17.0 Å². The fourth-order valence-electron chi connectivity index (χ4n) is 6.93. The molecule has 3 aliphatic rings. The van der Waals surface area contributed by atoms with Gasteiger partial charge in [-0.2, -0.15) is 0 Å². The number of aliphatic hydroxyl groups is 1. The molecule has 0 saturated carbocycles. The van der Waals surface area contributed by atoms with E-state index in [4.69, 9.17) is 23.4 Å². The van der Waals surface area contributed by atoms with E-state index in [0.29, 0.717) is 39.5 Å². The van der Waals surface area contributed by atoms with Crippen molar-refractivity contribution in [3.05, 3.63) is 120 Å². The Kier molecular flexibility index (Phi) is 6.63. The summed E-state index contributed by atoms with van der Waals surface area (Å²) in [5, 5.41) is 16.4. The van der Waals surface area contributed by atoms with E-state index in [-0.39, 0.29) is 0 Å². The summed E-state index contributed by atoms with van der Waals surface area (Å²) in [4.78, 5) is 12.4. The third-order valence-corrected chi connectivity index (χ3v) is 10.6. The Hall–Kier alpha value is -4.40. The molecule has 3 heterocycles. The number of hydrogen-bond acceptors (Lipinski definition) is 7. The molecule has 1 unspecified atom stereocenters. The largest absolute Gasteiger partial charge is 0.563 e. The second-order valence-corrected chi connectivity index (χ2v) is 14.5. The van der Waals surface area contributed by atoms with Crippen molar-refractivity contribution in [3.63, 3.8) is 0 Å². The van der Waals surface area contributed by atoms with Crippen LogP contribution in [0.2, 0.25) is 0 Å². The molecule has 2 fully saturated rings. The summed E-state index contributed by atoms with van der Waals surface area (Å²) in [6.45, 7) is 16.0. The van der Waals surface area contributed by atoms with Crippen molar-refractivity contribution in [1.29, 1.82) is 0 Å². The molecule has 7 nitrogen and oxygen atoms in total. The van der Waals surface area contributed by atoms with E-state index < -0.39 is 36.6 Å². The minimum absolute atomic E-state index is 0.392. The van der Waals surface area contributed by atoms with Crippen LogP contribution in [0.4, 0.5) is 0 Å². The summed E-state index contributed by atoms with van der Waals surface area (Å²) in [5.41, 5.74) is 0.446. The Morgan fingerprint density at radius 2 is 1.21 bits per heavy atom. The van der Waals surface area contributed by atoms with E-state index in [9.17, 15) is 9.90 Å². The number of aldehydes is 1. The topological polar surface area (TPSA) is 83.5 Å². The van der Waals surface area contributed by atoms with Gasteiger partial charge in [-0.15, -0.1) is 0 Å². The Morgan fingerprint density at radius 1 is 0.667 bits per heavy atom. The molecular weight excluding hydrogens is 602 g/mol. The number of carbonyl (C=O) groups excluding carboxylic acids is 1. The first-order chi connectivity index (χ1) is 22.7. The highest BCUT2D eigenvalue weighted by atomic mass is 16.7. The molecule has 0 aromatic heterocycles. The van der Waals surface area contributed by atoms with E-state index in [1.165, 1.54) is 0 Å². The fourth-order valence-corrected chi connectivity index (χ4v) is 6.93. The molecule has 0 amide bonds. The lowest BCUT2D eigenvalue weighted by Crippen LogP contribution is -2.41. The van der Waals surface area contributed by atoms with Crippen molar-refractivity contribution in [3.8, 4) is 11.5 Å². The van der Waals surface area contributed by atoms with Crippen LogP contribution >= 0.6 is 0 Å². The second kappa shape index (κ2) is 10.3. The highest BCUT2D eigenvalue weighted by Crippen LogP contribution is 2.54. The third-order valence-electron chi connectivity index (χ3n) is 10.6. The van der Waals surface area contributed by atoms with Gasteiger partial charge in [-0.25, -0.2) is 0 Å². The van der Waals surface area contributed by atoms with Gasteiger partial charge in [-0.3, -0.25) is 4.79 Å². The molecule has 1 atom stereocenters. The molecule has 0 spiro atoms. The van der Waals surface area contributed by atoms with Gasteiger partial charge in [0, 0.05) is 33.0 Å².